The maximum absolute atomic E-state index is 6.21. The Morgan fingerprint density at radius 1 is 1.33 bits per heavy atom. The normalized spacial score (nSPS) is 15.0. The number of nitrogens with one attached hydrogen (secondary N) is 2. The monoisotopic (exact) mass is 281 g/mol. The first-order valence-corrected chi connectivity index (χ1v) is 6.70. The van der Waals surface area contributed by atoms with Crippen molar-refractivity contribution in [1.82, 2.24) is 15.5 Å². The molecule has 0 amide bonds. The largest absolute Gasteiger partial charge is 0.310 e. The smallest absolute Gasteiger partial charge is 0.0710 e. The minimum atomic E-state index is 0.669. The van der Waals surface area contributed by atoms with Gasteiger partial charge in [-0.2, -0.15) is 5.10 Å². The summed E-state index contributed by atoms with van der Waals surface area (Å²) in [5, 5.41) is 11.9. The van der Waals surface area contributed by atoms with Crippen LogP contribution in [0.3, 0.4) is 0 Å². The van der Waals surface area contributed by atoms with E-state index in [0.717, 1.165) is 23.4 Å². The Morgan fingerprint density at radius 3 is 2.94 bits per heavy atom. The molecule has 0 atom stereocenters. The number of halogens is 2. The number of hydrogen-bond acceptors (Lipinski definition) is 2. The second-order valence-electron chi connectivity index (χ2n) is 4.55. The highest BCUT2D eigenvalue weighted by molar-refractivity contribution is 6.35. The van der Waals surface area contributed by atoms with Crippen LogP contribution in [0.5, 0.6) is 0 Å². The average molecular weight is 282 g/mol. The molecular weight excluding hydrogens is 269 g/mol. The van der Waals surface area contributed by atoms with Crippen LogP contribution in [-0.2, 0) is 6.54 Å². The molecule has 3 rings (SSSR count). The fourth-order valence-corrected chi connectivity index (χ4v) is 2.29. The molecule has 18 heavy (non-hydrogen) atoms. The maximum atomic E-state index is 6.21. The highest BCUT2D eigenvalue weighted by Crippen LogP contribution is 2.31. The van der Waals surface area contributed by atoms with Crippen molar-refractivity contribution >= 4 is 23.2 Å². The second-order valence-corrected chi connectivity index (χ2v) is 5.39. The third-order valence-corrected chi connectivity index (χ3v) is 3.64. The summed E-state index contributed by atoms with van der Waals surface area (Å²) in [6.45, 7) is 0.805. The van der Waals surface area contributed by atoms with Crippen LogP contribution in [0.15, 0.2) is 24.4 Å². The fraction of sp³-hybridized carbons (Fsp3) is 0.308. The van der Waals surface area contributed by atoms with E-state index in [1.165, 1.54) is 12.8 Å². The first-order chi connectivity index (χ1) is 8.74. The van der Waals surface area contributed by atoms with Gasteiger partial charge in [-0.3, -0.25) is 5.10 Å². The molecule has 5 heteroatoms. The summed E-state index contributed by atoms with van der Waals surface area (Å²) in [6.07, 6.45) is 4.37. The molecule has 1 fully saturated rings. The highest BCUT2D eigenvalue weighted by Gasteiger charge is 2.21. The molecule has 0 aliphatic heterocycles. The van der Waals surface area contributed by atoms with Crippen LogP contribution in [0.1, 0.15) is 18.4 Å². The topological polar surface area (TPSA) is 40.7 Å². The van der Waals surface area contributed by atoms with Crippen LogP contribution in [-0.4, -0.2) is 16.2 Å². The Labute approximate surface area is 115 Å². The molecule has 2 aromatic rings. The lowest BCUT2D eigenvalue weighted by Crippen LogP contribution is -2.15. The van der Waals surface area contributed by atoms with Gasteiger partial charge < -0.3 is 5.32 Å². The molecule has 0 spiro atoms. The van der Waals surface area contributed by atoms with Gasteiger partial charge in [-0.1, -0.05) is 23.2 Å². The van der Waals surface area contributed by atoms with Crippen molar-refractivity contribution in [3.05, 3.63) is 40.0 Å². The van der Waals surface area contributed by atoms with Gasteiger partial charge in [0.15, 0.2) is 0 Å². The van der Waals surface area contributed by atoms with E-state index in [9.17, 15) is 0 Å². The molecule has 1 aliphatic carbocycles. The van der Waals surface area contributed by atoms with Crippen LogP contribution < -0.4 is 5.32 Å². The summed E-state index contributed by atoms with van der Waals surface area (Å²) in [5.74, 6) is 0. The summed E-state index contributed by atoms with van der Waals surface area (Å²) < 4.78 is 0. The molecule has 0 saturated heterocycles. The predicted octanol–water partition coefficient (Wildman–Crippen LogP) is 3.64. The zero-order valence-corrected chi connectivity index (χ0v) is 11.2. The summed E-state index contributed by atoms with van der Waals surface area (Å²) >= 11 is 12.2. The zero-order valence-electron chi connectivity index (χ0n) is 9.71. The van der Waals surface area contributed by atoms with E-state index in [0.29, 0.717) is 16.1 Å². The third kappa shape index (κ3) is 2.53. The lowest BCUT2D eigenvalue weighted by molar-refractivity contribution is 0.689. The number of hydrogen-bond donors (Lipinski definition) is 2. The van der Waals surface area contributed by atoms with Gasteiger partial charge in [-0.05, 0) is 31.0 Å². The van der Waals surface area contributed by atoms with E-state index in [1.807, 2.05) is 12.3 Å². The van der Waals surface area contributed by atoms with Crippen LogP contribution in [0.25, 0.3) is 11.3 Å². The van der Waals surface area contributed by atoms with Crippen molar-refractivity contribution < 1.29 is 0 Å². The summed E-state index contributed by atoms with van der Waals surface area (Å²) in [7, 11) is 0. The molecule has 94 valence electrons. The Morgan fingerprint density at radius 2 is 2.17 bits per heavy atom. The molecule has 0 unspecified atom stereocenters. The van der Waals surface area contributed by atoms with E-state index < -0.39 is 0 Å². The standard InChI is InChI=1S/C13H13Cl2N3/c14-9-1-4-12(15)11(5-9)13-8(7-17-18-13)6-16-10-2-3-10/h1,4-5,7,10,16H,2-3,6H2,(H,17,18). The van der Waals surface area contributed by atoms with Crippen molar-refractivity contribution in [2.75, 3.05) is 0 Å². The molecule has 1 aromatic heterocycles. The molecular formula is C13H13Cl2N3. The van der Waals surface area contributed by atoms with E-state index in [1.54, 1.807) is 12.1 Å². The molecule has 0 bridgehead atoms. The Kier molecular flexibility index (Phi) is 3.29. The van der Waals surface area contributed by atoms with Crippen molar-refractivity contribution in [2.24, 2.45) is 0 Å². The van der Waals surface area contributed by atoms with E-state index >= 15 is 0 Å². The number of nitrogens with zero attached hydrogens (tertiary/aromatic N) is 1. The van der Waals surface area contributed by atoms with Crippen LogP contribution >= 0.6 is 23.2 Å². The van der Waals surface area contributed by atoms with Gasteiger partial charge in [0.25, 0.3) is 0 Å². The van der Waals surface area contributed by atoms with Crippen LogP contribution in [0.4, 0.5) is 0 Å². The number of aromatic amines is 1. The molecule has 1 aliphatic rings. The van der Waals surface area contributed by atoms with Crippen LogP contribution in [0, 0.1) is 0 Å². The quantitative estimate of drug-likeness (QED) is 0.899. The maximum Gasteiger partial charge on any atom is 0.0710 e. The van der Waals surface area contributed by atoms with Gasteiger partial charge in [-0.15, -0.1) is 0 Å². The molecule has 1 saturated carbocycles. The van der Waals surface area contributed by atoms with Crippen molar-refractivity contribution in [1.29, 1.82) is 0 Å². The minimum Gasteiger partial charge on any atom is -0.310 e. The zero-order chi connectivity index (χ0) is 12.5. The molecule has 1 heterocycles. The van der Waals surface area contributed by atoms with Crippen molar-refractivity contribution in [2.45, 2.75) is 25.4 Å². The van der Waals surface area contributed by atoms with Crippen molar-refractivity contribution in [3.63, 3.8) is 0 Å². The molecule has 0 radical (unpaired) electrons. The van der Waals surface area contributed by atoms with Gasteiger partial charge in [0.2, 0.25) is 0 Å². The molecule has 3 nitrogen and oxygen atoms in total. The fourth-order valence-electron chi connectivity index (χ4n) is 1.91. The van der Waals surface area contributed by atoms with Gasteiger partial charge in [0, 0.05) is 28.7 Å². The number of aromatic nitrogens is 2. The predicted molar refractivity (Wildman–Crippen MR) is 73.9 cm³/mol. The van der Waals surface area contributed by atoms with E-state index in [4.69, 9.17) is 23.2 Å². The van der Waals surface area contributed by atoms with Gasteiger partial charge in [0.05, 0.1) is 16.9 Å². The Hall–Kier alpha value is -1.03. The van der Waals surface area contributed by atoms with Gasteiger partial charge in [-0.25, -0.2) is 0 Å². The average Bonchev–Trinajstić information content (AvgIpc) is 3.08. The summed E-state index contributed by atoms with van der Waals surface area (Å²) in [4.78, 5) is 0. The Bertz CT molecular complexity index is 561. The lowest BCUT2D eigenvalue weighted by Gasteiger charge is -2.07. The Balaban J connectivity index is 1.90. The molecule has 1 aromatic carbocycles. The summed E-state index contributed by atoms with van der Waals surface area (Å²) in [5.41, 5.74) is 2.95. The SMILES string of the molecule is Clc1ccc(Cl)c(-c2[nH]ncc2CNC2CC2)c1. The first-order valence-electron chi connectivity index (χ1n) is 5.95. The highest BCUT2D eigenvalue weighted by atomic mass is 35.5. The number of benzene rings is 1. The van der Waals surface area contributed by atoms with Crippen molar-refractivity contribution in [3.8, 4) is 11.3 Å². The lowest BCUT2D eigenvalue weighted by atomic mass is 10.1. The van der Waals surface area contributed by atoms with Gasteiger partial charge >= 0.3 is 0 Å². The van der Waals surface area contributed by atoms with E-state index in [-0.39, 0.29) is 0 Å². The van der Waals surface area contributed by atoms with Gasteiger partial charge in [0.1, 0.15) is 0 Å². The third-order valence-electron chi connectivity index (χ3n) is 3.07. The van der Waals surface area contributed by atoms with Crippen LogP contribution in [0.2, 0.25) is 10.0 Å². The number of rotatable bonds is 4. The summed E-state index contributed by atoms with van der Waals surface area (Å²) in [6, 6.07) is 6.12. The minimum absolute atomic E-state index is 0.669. The molecule has 2 N–H and O–H groups in total. The second kappa shape index (κ2) is 4.92. The number of H-pyrrole nitrogens is 1. The van der Waals surface area contributed by atoms with E-state index in [2.05, 4.69) is 15.5 Å². The first kappa shape index (κ1) is 12.0.